The number of para-hydroxylation sites is 2. The molecule has 0 saturated carbocycles. The molecule has 3 aromatic rings. The number of urea groups is 1. The van der Waals surface area contributed by atoms with Gasteiger partial charge in [-0.3, -0.25) is 9.69 Å². The average Bonchev–Trinajstić information content (AvgIpc) is 2.79. The number of amides is 3. The minimum atomic E-state index is -0.551. The number of carbonyl (C=O) groups excluding carboxylic acids is 2. The van der Waals surface area contributed by atoms with Crippen molar-refractivity contribution in [2.24, 2.45) is 0 Å². The molecule has 164 valence electrons. The van der Waals surface area contributed by atoms with Crippen LogP contribution in [-0.2, 0) is 17.8 Å². The number of nitrogens with zero attached hydrogens (tertiary/aromatic N) is 2. The van der Waals surface area contributed by atoms with Crippen molar-refractivity contribution in [3.8, 4) is 0 Å². The van der Waals surface area contributed by atoms with Crippen LogP contribution in [0.4, 0.5) is 25.0 Å². The van der Waals surface area contributed by atoms with Crippen LogP contribution in [-0.4, -0.2) is 29.9 Å². The molecule has 5 nitrogen and oxygen atoms in total. The Morgan fingerprint density at radius 3 is 2.50 bits per heavy atom. The topological polar surface area (TPSA) is 52.7 Å². The van der Waals surface area contributed by atoms with Crippen LogP contribution >= 0.6 is 0 Å². The van der Waals surface area contributed by atoms with E-state index in [2.05, 4.69) is 5.32 Å². The lowest BCUT2D eigenvalue weighted by Gasteiger charge is -2.36. The zero-order chi connectivity index (χ0) is 22.5. The van der Waals surface area contributed by atoms with Crippen molar-refractivity contribution in [1.82, 2.24) is 4.90 Å². The van der Waals surface area contributed by atoms with Crippen molar-refractivity contribution in [3.63, 3.8) is 0 Å². The summed E-state index contributed by atoms with van der Waals surface area (Å²) in [6.45, 7) is 0.877. The Bertz CT molecular complexity index is 1120. The summed E-state index contributed by atoms with van der Waals surface area (Å²) < 4.78 is 27.6. The molecule has 0 atom stereocenters. The lowest BCUT2D eigenvalue weighted by molar-refractivity contribution is -0.115. The molecule has 1 saturated heterocycles. The van der Waals surface area contributed by atoms with E-state index in [1.54, 1.807) is 29.2 Å². The second kappa shape index (κ2) is 9.60. The summed E-state index contributed by atoms with van der Waals surface area (Å²) >= 11 is 0. The summed E-state index contributed by atoms with van der Waals surface area (Å²) in [4.78, 5) is 28.8. The molecule has 0 aliphatic carbocycles. The Labute approximate surface area is 185 Å². The minimum absolute atomic E-state index is 0.0263. The third-order valence-corrected chi connectivity index (χ3v) is 5.36. The van der Waals surface area contributed by atoms with Crippen molar-refractivity contribution in [2.45, 2.75) is 19.4 Å². The molecule has 4 rings (SSSR count). The van der Waals surface area contributed by atoms with Gasteiger partial charge in [0.05, 0.1) is 24.3 Å². The van der Waals surface area contributed by atoms with E-state index in [1.807, 2.05) is 30.3 Å². The molecular formula is C25H23F2N3O2. The largest absolute Gasteiger partial charge is 0.324 e. The number of nitrogens with one attached hydrogen (secondary N) is 1. The Balaban J connectivity index is 1.51. The van der Waals surface area contributed by atoms with Gasteiger partial charge in [0.25, 0.3) is 0 Å². The Morgan fingerprint density at radius 2 is 1.69 bits per heavy atom. The van der Waals surface area contributed by atoms with Gasteiger partial charge < -0.3 is 10.2 Å². The second-order valence-electron chi connectivity index (χ2n) is 7.67. The van der Waals surface area contributed by atoms with Crippen molar-refractivity contribution in [2.75, 3.05) is 23.3 Å². The van der Waals surface area contributed by atoms with E-state index in [0.29, 0.717) is 30.9 Å². The van der Waals surface area contributed by atoms with Gasteiger partial charge in [-0.15, -0.1) is 0 Å². The fraction of sp³-hybridized carbons (Fsp3) is 0.200. The third-order valence-electron chi connectivity index (χ3n) is 5.36. The number of benzene rings is 3. The fourth-order valence-electron chi connectivity index (χ4n) is 3.81. The van der Waals surface area contributed by atoms with E-state index in [-0.39, 0.29) is 30.5 Å². The van der Waals surface area contributed by atoms with Crippen LogP contribution in [0.1, 0.15) is 17.5 Å². The zero-order valence-electron chi connectivity index (χ0n) is 17.4. The molecule has 1 aliphatic heterocycles. The van der Waals surface area contributed by atoms with Crippen LogP contribution in [0.3, 0.4) is 0 Å². The summed E-state index contributed by atoms with van der Waals surface area (Å²) in [5, 5.41) is 2.90. The zero-order valence-corrected chi connectivity index (χ0v) is 17.4. The molecule has 0 unspecified atom stereocenters. The highest BCUT2D eigenvalue weighted by atomic mass is 19.1. The first-order valence-corrected chi connectivity index (χ1v) is 10.4. The lowest BCUT2D eigenvalue weighted by Crippen LogP contribution is -2.49. The molecular weight excluding hydrogens is 412 g/mol. The van der Waals surface area contributed by atoms with Crippen LogP contribution in [0.15, 0.2) is 72.8 Å². The molecule has 3 amide bonds. The monoisotopic (exact) mass is 435 g/mol. The maximum atomic E-state index is 14.1. The van der Waals surface area contributed by atoms with Gasteiger partial charge in [-0.1, -0.05) is 42.5 Å². The van der Waals surface area contributed by atoms with E-state index in [0.717, 1.165) is 23.8 Å². The van der Waals surface area contributed by atoms with Gasteiger partial charge in [0.1, 0.15) is 11.6 Å². The van der Waals surface area contributed by atoms with Gasteiger partial charge in [-0.2, -0.15) is 0 Å². The Kier molecular flexibility index (Phi) is 6.44. The van der Waals surface area contributed by atoms with E-state index in [4.69, 9.17) is 0 Å². The lowest BCUT2D eigenvalue weighted by atomic mass is 10.1. The molecule has 1 aliphatic rings. The minimum Gasteiger partial charge on any atom is -0.324 e. The van der Waals surface area contributed by atoms with Crippen LogP contribution in [0.2, 0.25) is 0 Å². The summed E-state index contributed by atoms with van der Waals surface area (Å²) in [7, 11) is 0. The van der Waals surface area contributed by atoms with Crippen molar-refractivity contribution in [1.29, 1.82) is 0 Å². The molecule has 0 spiro atoms. The molecule has 0 radical (unpaired) electrons. The first-order chi connectivity index (χ1) is 15.5. The summed E-state index contributed by atoms with van der Waals surface area (Å²) in [6.07, 6.45) is 0.878. The SMILES string of the molecule is O=C(Cc1ccccc1)Nc1ccccc1N1CCCN(Cc2cc(F)ccc2F)C1=O. The molecule has 0 bridgehead atoms. The van der Waals surface area contributed by atoms with Crippen LogP contribution in [0.25, 0.3) is 0 Å². The predicted molar refractivity (Wildman–Crippen MR) is 119 cm³/mol. The normalized spacial score (nSPS) is 13.9. The predicted octanol–water partition coefficient (Wildman–Crippen LogP) is 4.98. The smallest absolute Gasteiger partial charge is 0.324 e. The molecule has 0 aromatic heterocycles. The number of anilines is 2. The van der Waals surface area contributed by atoms with Gasteiger partial charge in [0.2, 0.25) is 5.91 Å². The standard InChI is InChI=1S/C25H23F2N3O2/c26-20-11-12-21(27)19(16-20)17-29-13-6-14-30(25(29)32)23-10-5-4-9-22(23)28-24(31)15-18-7-2-1-3-8-18/h1-5,7-12,16H,6,13-15,17H2,(H,28,31). The second-order valence-corrected chi connectivity index (χ2v) is 7.67. The molecule has 1 N–H and O–H groups in total. The van der Waals surface area contributed by atoms with E-state index >= 15 is 0 Å². The molecule has 1 fully saturated rings. The van der Waals surface area contributed by atoms with E-state index < -0.39 is 11.6 Å². The van der Waals surface area contributed by atoms with Gasteiger partial charge in [0, 0.05) is 18.7 Å². The highest BCUT2D eigenvalue weighted by Crippen LogP contribution is 2.29. The molecule has 3 aromatic carbocycles. The first kappa shape index (κ1) is 21.5. The fourth-order valence-corrected chi connectivity index (χ4v) is 3.81. The average molecular weight is 435 g/mol. The molecule has 7 heteroatoms. The highest BCUT2D eigenvalue weighted by Gasteiger charge is 2.29. The van der Waals surface area contributed by atoms with Crippen molar-refractivity contribution in [3.05, 3.63) is 95.6 Å². The third kappa shape index (κ3) is 4.94. The maximum Gasteiger partial charge on any atom is 0.324 e. The highest BCUT2D eigenvalue weighted by molar-refractivity contribution is 6.01. The number of hydrogen-bond donors (Lipinski definition) is 1. The Morgan fingerprint density at radius 1 is 0.938 bits per heavy atom. The molecule has 1 heterocycles. The van der Waals surface area contributed by atoms with Crippen LogP contribution in [0, 0.1) is 11.6 Å². The van der Waals surface area contributed by atoms with Crippen LogP contribution < -0.4 is 10.2 Å². The van der Waals surface area contributed by atoms with Gasteiger partial charge >= 0.3 is 6.03 Å². The summed E-state index contributed by atoms with van der Waals surface area (Å²) in [5.74, 6) is -1.29. The Hall–Kier alpha value is -3.74. The maximum absolute atomic E-state index is 14.1. The number of hydrogen-bond acceptors (Lipinski definition) is 2. The summed E-state index contributed by atoms with van der Waals surface area (Å²) in [5.41, 5.74) is 2.12. The van der Waals surface area contributed by atoms with Gasteiger partial charge in [0.15, 0.2) is 0 Å². The first-order valence-electron chi connectivity index (χ1n) is 10.4. The van der Waals surface area contributed by atoms with Crippen molar-refractivity contribution < 1.29 is 18.4 Å². The number of rotatable bonds is 6. The van der Waals surface area contributed by atoms with Gasteiger partial charge in [-0.25, -0.2) is 13.6 Å². The van der Waals surface area contributed by atoms with E-state index in [9.17, 15) is 18.4 Å². The number of carbonyl (C=O) groups is 2. The quantitative estimate of drug-likeness (QED) is 0.594. The van der Waals surface area contributed by atoms with Crippen LogP contribution in [0.5, 0.6) is 0 Å². The number of halogens is 2. The summed E-state index contributed by atoms with van der Waals surface area (Å²) in [6, 6.07) is 19.4. The van der Waals surface area contributed by atoms with Crippen molar-refractivity contribution >= 4 is 23.3 Å². The molecule has 32 heavy (non-hydrogen) atoms. The van der Waals surface area contributed by atoms with E-state index in [1.165, 1.54) is 4.90 Å². The van der Waals surface area contributed by atoms with Gasteiger partial charge in [-0.05, 0) is 42.3 Å².